The summed E-state index contributed by atoms with van der Waals surface area (Å²) < 4.78 is 5.49. The van der Waals surface area contributed by atoms with Crippen molar-refractivity contribution >= 4 is 6.01 Å². The molecule has 90 valence electrons. The molecular formula is C10H18N4O2. The summed E-state index contributed by atoms with van der Waals surface area (Å²) >= 11 is 0. The molecule has 0 spiro atoms. The van der Waals surface area contributed by atoms with Crippen LogP contribution in [-0.4, -0.2) is 41.0 Å². The Labute approximate surface area is 94.7 Å². The minimum absolute atomic E-state index is 0.270. The van der Waals surface area contributed by atoms with E-state index in [0.29, 0.717) is 25.0 Å². The summed E-state index contributed by atoms with van der Waals surface area (Å²) in [5.41, 5.74) is 0. The number of rotatable bonds is 5. The highest BCUT2D eigenvalue weighted by Gasteiger charge is 2.24. The molecule has 2 heterocycles. The Kier molecular flexibility index (Phi) is 3.74. The third kappa shape index (κ3) is 2.70. The van der Waals surface area contributed by atoms with Crippen molar-refractivity contribution in [3.63, 3.8) is 0 Å². The van der Waals surface area contributed by atoms with Gasteiger partial charge in [-0.25, -0.2) is 0 Å². The molecule has 2 N–H and O–H groups in total. The van der Waals surface area contributed by atoms with Crippen LogP contribution in [0.2, 0.25) is 0 Å². The highest BCUT2D eigenvalue weighted by molar-refractivity contribution is 5.26. The number of aliphatic hydroxyl groups is 1. The second kappa shape index (κ2) is 5.27. The number of hydrogen-bond donors (Lipinski definition) is 2. The maximum atomic E-state index is 9.40. The van der Waals surface area contributed by atoms with Crippen LogP contribution in [0.5, 0.6) is 0 Å². The van der Waals surface area contributed by atoms with Crippen molar-refractivity contribution < 1.29 is 9.52 Å². The zero-order valence-electron chi connectivity index (χ0n) is 9.52. The van der Waals surface area contributed by atoms with Crippen molar-refractivity contribution in [1.82, 2.24) is 15.5 Å². The van der Waals surface area contributed by atoms with Gasteiger partial charge in [-0.3, -0.25) is 0 Å². The number of aliphatic hydroxyl groups excluding tert-OH is 1. The first-order valence-electron chi connectivity index (χ1n) is 5.75. The molecule has 0 saturated carbocycles. The lowest BCUT2D eigenvalue weighted by molar-refractivity contribution is 0.198. The molecule has 6 nitrogen and oxygen atoms in total. The summed E-state index contributed by atoms with van der Waals surface area (Å²) in [4.78, 5) is 1.92. The van der Waals surface area contributed by atoms with E-state index in [1.165, 1.54) is 0 Å². The van der Waals surface area contributed by atoms with E-state index in [1.807, 2.05) is 4.90 Å². The highest BCUT2D eigenvalue weighted by Crippen LogP contribution is 2.18. The van der Waals surface area contributed by atoms with Crippen molar-refractivity contribution in [3.8, 4) is 0 Å². The first-order chi connectivity index (χ1) is 7.79. The Morgan fingerprint density at radius 3 is 3.12 bits per heavy atom. The SMILES string of the molecule is CCCNCc1nnc(N2CCC(O)C2)o1. The summed E-state index contributed by atoms with van der Waals surface area (Å²) in [5, 5.41) is 20.5. The fourth-order valence-corrected chi connectivity index (χ4v) is 1.73. The van der Waals surface area contributed by atoms with E-state index in [-0.39, 0.29) is 6.10 Å². The largest absolute Gasteiger partial charge is 0.407 e. The second-order valence-corrected chi connectivity index (χ2v) is 4.04. The van der Waals surface area contributed by atoms with Gasteiger partial charge in [-0.15, -0.1) is 5.10 Å². The highest BCUT2D eigenvalue weighted by atomic mass is 16.4. The Morgan fingerprint density at radius 1 is 1.56 bits per heavy atom. The van der Waals surface area contributed by atoms with E-state index in [4.69, 9.17) is 4.42 Å². The van der Waals surface area contributed by atoms with Crippen molar-refractivity contribution in [2.75, 3.05) is 24.5 Å². The van der Waals surface area contributed by atoms with Crippen molar-refractivity contribution in [2.24, 2.45) is 0 Å². The first kappa shape index (κ1) is 11.3. The maximum Gasteiger partial charge on any atom is 0.318 e. The topological polar surface area (TPSA) is 74.4 Å². The fourth-order valence-electron chi connectivity index (χ4n) is 1.73. The van der Waals surface area contributed by atoms with E-state index in [1.54, 1.807) is 0 Å². The Morgan fingerprint density at radius 2 is 2.44 bits per heavy atom. The lowest BCUT2D eigenvalue weighted by Gasteiger charge is -2.10. The minimum atomic E-state index is -0.270. The molecule has 0 aromatic carbocycles. The molecule has 0 aliphatic carbocycles. The van der Waals surface area contributed by atoms with Crippen molar-refractivity contribution in [1.29, 1.82) is 0 Å². The Balaban J connectivity index is 1.87. The van der Waals surface area contributed by atoms with Crippen LogP contribution in [0.15, 0.2) is 4.42 Å². The molecule has 2 rings (SSSR count). The number of aromatic nitrogens is 2. The standard InChI is InChI=1S/C10H18N4O2/c1-2-4-11-6-9-12-13-10(16-9)14-5-3-8(15)7-14/h8,11,15H,2-7H2,1H3. The van der Waals surface area contributed by atoms with Crippen molar-refractivity contribution in [3.05, 3.63) is 5.89 Å². The molecule has 1 aliphatic rings. The van der Waals surface area contributed by atoms with E-state index in [9.17, 15) is 5.11 Å². The van der Waals surface area contributed by atoms with Gasteiger partial charge in [-0.2, -0.15) is 0 Å². The summed E-state index contributed by atoms with van der Waals surface area (Å²) in [7, 11) is 0. The monoisotopic (exact) mass is 226 g/mol. The zero-order valence-corrected chi connectivity index (χ0v) is 9.52. The van der Waals surface area contributed by atoms with Crippen molar-refractivity contribution in [2.45, 2.75) is 32.4 Å². The first-order valence-corrected chi connectivity index (χ1v) is 5.75. The molecule has 1 aliphatic heterocycles. The molecule has 16 heavy (non-hydrogen) atoms. The van der Waals surface area contributed by atoms with Gasteiger partial charge in [-0.1, -0.05) is 12.0 Å². The van der Waals surface area contributed by atoms with Gasteiger partial charge in [0.2, 0.25) is 5.89 Å². The molecule has 0 radical (unpaired) electrons. The summed E-state index contributed by atoms with van der Waals surface area (Å²) in [5.74, 6) is 0.602. The summed E-state index contributed by atoms with van der Waals surface area (Å²) in [6, 6.07) is 0.518. The fraction of sp³-hybridized carbons (Fsp3) is 0.800. The van der Waals surface area contributed by atoms with Crippen LogP contribution in [0.1, 0.15) is 25.7 Å². The number of anilines is 1. The molecule has 0 amide bonds. The van der Waals surface area contributed by atoms with Gasteiger partial charge in [0.25, 0.3) is 0 Å². The Hall–Kier alpha value is -1.14. The van der Waals surface area contributed by atoms with Crippen LogP contribution in [0.3, 0.4) is 0 Å². The van der Waals surface area contributed by atoms with E-state index >= 15 is 0 Å². The van der Waals surface area contributed by atoms with Gasteiger partial charge < -0.3 is 19.7 Å². The average molecular weight is 226 g/mol. The summed E-state index contributed by atoms with van der Waals surface area (Å²) in [6.07, 6.45) is 1.58. The number of nitrogens with zero attached hydrogens (tertiary/aromatic N) is 3. The predicted octanol–water partition coefficient (Wildman–Crippen LogP) is 0.140. The zero-order chi connectivity index (χ0) is 11.4. The summed E-state index contributed by atoms with van der Waals surface area (Å²) in [6.45, 7) is 5.03. The second-order valence-electron chi connectivity index (χ2n) is 4.04. The molecule has 1 atom stereocenters. The smallest absolute Gasteiger partial charge is 0.318 e. The molecule has 1 unspecified atom stereocenters. The van der Waals surface area contributed by atoms with E-state index in [0.717, 1.165) is 25.9 Å². The molecule has 1 aromatic heterocycles. The van der Waals surface area contributed by atoms with Gasteiger partial charge >= 0.3 is 6.01 Å². The molecule has 6 heteroatoms. The quantitative estimate of drug-likeness (QED) is 0.696. The number of nitrogens with one attached hydrogen (secondary N) is 1. The molecule has 1 aromatic rings. The van der Waals surface area contributed by atoms with E-state index < -0.39 is 0 Å². The average Bonchev–Trinajstić information content (AvgIpc) is 2.87. The van der Waals surface area contributed by atoms with Crippen LogP contribution in [0.25, 0.3) is 0 Å². The van der Waals surface area contributed by atoms with Crippen LogP contribution in [0.4, 0.5) is 6.01 Å². The molecule has 1 saturated heterocycles. The Bertz CT molecular complexity index is 328. The van der Waals surface area contributed by atoms with Gasteiger partial charge in [-0.05, 0) is 19.4 Å². The molecule has 0 bridgehead atoms. The van der Waals surface area contributed by atoms with Gasteiger partial charge in [0.05, 0.1) is 12.6 Å². The molecule has 1 fully saturated rings. The maximum absolute atomic E-state index is 9.40. The van der Waals surface area contributed by atoms with E-state index in [2.05, 4.69) is 22.4 Å². The van der Waals surface area contributed by atoms with Crippen LogP contribution >= 0.6 is 0 Å². The van der Waals surface area contributed by atoms with Crippen LogP contribution in [0, 0.1) is 0 Å². The normalized spacial score (nSPS) is 20.6. The number of hydrogen-bond acceptors (Lipinski definition) is 6. The van der Waals surface area contributed by atoms with Crippen LogP contribution in [-0.2, 0) is 6.54 Å². The lowest BCUT2D eigenvalue weighted by atomic mass is 10.3. The van der Waals surface area contributed by atoms with Gasteiger partial charge in [0, 0.05) is 13.1 Å². The third-order valence-corrected chi connectivity index (χ3v) is 2.59. The third-order valence-electron chi connectivity index (χ3n) is 2.59. The minimum Gasteiger partial charge on any atom is -0.407 e. The van der Waals surface area contributed by atoms with Crippen LogP contribution < -0.4 is 10.2 Å². The lowest BCUT2D eigenvalue weighted by Crippen LogP contribution is -2.21. The number of β-amino-alcohol motifs (C(OH)–C–C–N with tert-alkyl or cyclic N) is 1. The van der Waals surface area contributed by atoms with Gasteiger partial charge in [0.1, 0.15) is 0 Å². The van der Waals surface area contributed by atoms with Gasteiger partial charge in [0.15, 0.2) is 0 Å². The molecular weight excluding hydrogens is 208 g/mol. The predicted molar refractivity (Wildman–Crippen MR) is 59.1 cm³/mol.